The van der Waals surface area contributed by atoms with E-state index in [2.05, 4.69) is 0 Å². The smallest absolute Gasteiger partial charge is 0.344 e. The molecule has 0 saturated carbocycles. The standard InChI is InChI=1S/C10H21O5P/c1-5-9(10(11)13-6-2)16(12,14-7-3)15-8-4/h9H,5-8H2,1-4H3/t9-/m0/s1. The summed E-state index contributed by atoms with van der Waals surface area (Å²) in [5.74, 6) is -0.518. The lowest BCUT2D eigenvalue weighted by Crippen LogP contribution is -2.25. The van der Waals surface area contributed by atoms with E-state index in [1.54, 1.807) is 27.7 Å². The van der Waals surface area contributed by atoms with Crippen LogP contribution in [0.3, 0.4) is 0 Å². The van der Waals surface area contributed by atoms with Crippen molar-refractivity contribution in [3.8, 4) is 0 Å². The van der Waals surface area contributed by atoms with Crippen LogP contribution in [0, 0.1) is 0 Å². The second-order valence-electron chi connectivity index (χ2n) is 3.05. The van der Waals surface area contributed by atoms with Crippen LogP contribution in [-0.2, 0) is 23.1 Å². The van der Waals surface area contributed by atoms with Crippen molar-refractivity contribution in [2.45, 2.75) is 39.8 Å². The largest absolute Gasteiger partial charge is 0.465 e. The Kier molecular flexibility index (Phi) is 7.64. The summed E-state index contributed by atoms with van der Waals surface area (Å²) in [5, 5.41) is 0. The Morgan fingerprint density at radius 3 is 1.88 bits per heavy atom. The second kappa shape index (κ2) is 7.82. The molecule has 16 heavy (non-hydrogen) atoms. The van der Waals surface area contributed by atoms with E-state index in [9.17, 15) is 9.36 Å². The van der Waals surface area contributed by atoms with Gasteiger partial charge in [0.05, 0.1) is 19.8 Å². The van der Waals surface area contributed by atoms with Gasteiger partial charge < -0.3 is 13.8 Å². The quantitative estimate of drug-likeness (QED) is 0.491. The highest BCUT2D eigenvalue weighted by molar-refractivity contribution is 7.55. The number of hydrogen-bond acceptors (Lipinski definition) is 5. The zero-order chi connectivity index (χ0) is 12.6. The minimum Gasteiger partial charge on any atom is -0.465 e. The van der Waals surface area contributed by atoms with E-state index in [0.717, 1.165) is 0 Å². The zero-order valence-corrected chi connectivity index (χ0v) is 11.3. The van der Waals surface area contributed by atoms with Gasteiger partial charge in [-0.1, -0.05) is 6.92 Å². The van der Waals surface area contributed by atoms with Crippen LogP contribution in [0.15, 0.2) is 0 Å². The molecule has 0 spiro atoms. The van der Waals surface area contributed by atoms with Crippen molar-refractivity contribution < 1.29 is 23.1 Å². The van der Waals surface area contributed by atoms with E-state index in [0.29, 0.717) is 6.42 Å². The number of carbonyl (C=O) groups is 1. The van der Waals surface area contributed by atoms with Gasteiger partial charge in [-0.3, -0.25) is 9.36 Å². The molecule has 0 aromatic rings. The Balaban J connectivity index is 4.83. The molecule has 0 bridgehead atoms. The van der Waals surface area contributed by atoms with Gasteiger partial charge in [-0.2, -0.15) is 0 Å². The molecule has 0 unspecified atom stereocenters. The summed E-state index contributed by atoms with van der Waals surface area (Å²) < 4.78 is 27.4. The van der Waals surface area contributed by atoms with Gasteiger partial charge >= 0.3 is 13.6 Å². The average Bonchev–Trinajstić information content (AvgIpc) is 2.19. The maximum Gasteiger partial charge on any atom is 0.344 e. The molecule has 0 heterocycles. The van der Waals surface area contributed by atoms with E-state index >= 15 is 0 Å². The lowest BCUT2D eigenvalue weighted by Gasteiger charge is -2.23. The fourth-order valence-electron chi connectivity index (χ4n) is 1.33. The molecule has 0 aromatic heterocycles. The fourth-order valence-corrected chi connectivity index (χ4v) is 3.27. The van der Waals surface area contributed by atoms with Gasteiger partial charge in [-0.25, -0.2) is 0 Å². The highest BCUT2D eigenvalue weighted by atomic mass is 31.2. The van der Waals surface area contributed by atoms with Crippen molar-refractivity contribution in [2.75, 3.05) is 19.8 Å². The van der Waals surface area contributed by atoms with Gasteiger partial charge in [0, 0.05) is 0 Å². The summed E-state index contributed by atoms with van der Waals surface area (Å²) in [6, 6.07) is 0. The molecule has 0 rings (SSSR count). The number of hydrogen-bond donors (Lipinski definition) is 0. The molecule has 0 aliphatic heterocycles. The molecule has 5 nitrogen and oxygen atoms in total. The molecule has 0 N–H and O–H groups in total. The van der Waals surface area contributed by atoms with Crippen LogP contribution in [0.1, 0.15) is 34.1 Å². The van der Waals surface area contributed by atoms with Crippen LogP contribution in [-0.4, -0.2) is 31.4 Å². The number of ether oxygens (including phenoxy) is 1. The van der Waals surface area contributed by atoms with E-state index in [1.807, 2.05) is 0 Å². The monoisotopic (exact) mass is 252 g/mol. The Hall–Kier alpha value is -0.380. The van der Waals surface area contributed by atoms with Crippen molar-refractivity contribution in [3.63, 3.8) is 0 Å². The van der Waals surface area contributed by atoms with Gasteiger partial charge in [0.15, 0.2) is 5.66 Å². The zero-order valence-electron chi connectivity index (χ0n) is 10.4. The molecule has 0 radical (unpaired) electrons. The van der Waals surface area contributed by atoms with Crippen LogP contribution in [0.2, 0.25) is 0 Å². The molecule has 0 fully saturated rings. The first-order valence-electron chi connectivity index (χ1n) is 5.61. The number of carbonyl (C=O) groups excluding carboxylic acids is 1. The minimum atomic E-state index is -3.39. The summed E-state index contributed by atoms with van der Waals surface area (Å²) in [7, 11) is -3.39. The van der Waals surface area contributed by atoms with Crippen molar-refractivity contribution in [1.29, 1.82) is 0 Å². The summed E-state index contributed by atoms with van der Waals surface area (Å²) in [4.78, 5) is 11.6. The third-order valence-electron chi connectivity index (χ3n) is 1.95. The maximum absolute atomic E-state index is 12.3. The molecule has 1 atom stereocenters. The van der Waals surface area contributed by atoms with E-state index in [-0.39, 0.29) is 19.8 Å². The summed E-state index contributed by atoms with van der Waals surface area (Å²) >= 11 is 0. The Bertz CT molecular complexity index is 244. The third kappa shape index (κ3) is 4.24. The van der Waals surface area contributed by atoms with Crippen LogP contribution in [0.4, 0.5) is 0 Å². The van der Waals surface area contributed by atoms with Gasteiger partial charge in [-0.05, 0) is 27.2 Å². The maximum atomic E-state index is 12.3. The van der Waals surface area contributed by atoms with Gasteiger partial charge in [0.2, 0.25) is 0 Å². The Morgan fingerprint density at radius 1 is 1.06 bits per heavy atom. The molecule has 6 heteroatoms. The lowest BCUT2D eigenvalue weighted by molar-refractivity contribution is -0.143. The van der Waals surface area contributed by atoms with Crippen LogP contribution < -0.4 is 0 Å². The Morgan fingerprint density at radius 2 is 1.56 bits per heavy atom. The summed E-state index contributed by atoms with van der Waals surface area (Å²) in [5.41, 5.74) is -0.827. The first kappa shape index (κ1) is 15.6. The predicted molar refractivity (Wildman–Crippen MR) is 61.6 cm³/mol. The fraction of sp³-hybridized carbons (Fsp3) is 0.900. The van der Waals surface area contributed by atoms with Crippen LogP contribution in [0.25, 0.3) is 0 Å². The molecule has 96 valence electrons. The number of rotatable bonds is 8. The van der Waals surface area contributed by atoms with Crippen LogP contribution >= 0.6 is 7.60 Å². The van der Waals surface area contributed by atoms with Gasteiger partial charge in [0.25, 0.3) is 0 Å². The topological polar surface area (TPSA) is 61.8 Å². The molecular weight excluding hydrogens is 231 g/mol. The molecule has 0 saturated heterocycles. The Labute approximate surface area is 97.0 Å². The van der Waals surface area contributed by atoms with E-state index in [1.165, 1.54) is 0 Å². The highest BCUT2D eigenvalue weighted by Crippen LogP contribution is 2.54. The lowest BCUT2D eigenvalue weighted by atomic mass is 10.3. The van der Waals surface area contributed by atoms with Gasteiger partial charge in [0.1, 0.15) is 0 Å². The predicted octanol–water partition coefficient (Wildman–Crippen LogP) is 2.59. The van der Waals surface area contributed by atoms with E-state index in [4.69, 9.17) is 13.8 Å². The molecular formula is C10H21O5P. The van der Waals surface area contributed by atoms with Crippen LogP contribution in [0.5, 0.6) is 0 Å². The van der Waals surface area contributed by atoms with Gasteiger partial charge in [-0.15, -0.1) is 0 Å². The minimum absolute atomic E-state index is 0.243. The molecule has 0 amide bonds. The van der Waals surface area contributed by atoms with Crippen molar-refractivity contribution in [3.05, 3.63) is 0 Å². The number of esters is 1. The highest BCUT2D eigenvalue weighted by Gasteiger charge is 2.40. The van der Waals surface area contributed by atoms with Crippen molar-refractivity contribution >= 4 is 13.6 Å². The van der Waals surface area contributed by atoms with Crippen molar-refractivity contribution in [1.82, 2.24) is 0 Å². The average molecular weight is 252 g/mol. The SMILES string of the molecule is CCOC(=O)[C@H](CC)P(=O)(OCC)OCC. The van der Waals surface area contributed by atoms with E-state index < -0.39 is 19.2 Å². The van der Waals surface area contributed by atoms with Crippen molar-refractivity contribution in [2.24, 2.45) is 0 Å². The first-order valence-corrected chi connectivity index (χ1v) is 7.22. The second-order valence-corrected chi connectivity index (χ2v) is 5.27. The summed E-state index contributed by atoms with van der Waals surface area (Å²) in [6.45, 7) is 7.63. The normalized spacial score (nSPS) is 13.5. The third-order valence-corrected chi connectivity index (χ3v) is 4.52. The molecule has 0 aromatic carbocycles. The molecule has 0 aliphatic carbocycles. The first-order chi connectivity index (χ1) is 7.55. The molecule has 0 aliphatic rings. The summed E-state index contributed by atoms with van der Waals surface area (Å²) in [6.07, 6.45) is 0.371.